The van der Waals surface area contributed by atoms with E-state index in [0.717, 1.165) is 5.69 Å². The Morgan fingerprint density at radius 2 is 1.72 bits per heavy atom. The molecule has 5 rings (SSSR count). The van der Waals surface area contributed by atoms with Crippen LogP contribution in [0.1, 0.15) is 5.56 Å². The zero-order valence-electron chi connectivity index (χ0n) is 16.5. The topological polar surface area (TPSA) is 101 Å². The second-order valence-corrected chi connectivity index (χ2v) is 6.69. The van der Waals surface area contributed by atoms with E-state index in [1.165, 1.54) is 16.8 Å². The van der Waals surface area contributed by atoms with Crippen molar-refractivity contribution in [2.24, 2.45) is 0 Å². The van der Waals surface area contributed by atoms with Crippen molar-refractivity contribution < 1.29 is 9.13 Å². The van der Waals surface area contributed by atoms with Crippen LogP contribution in [-0.2, 0) is 0 Å². The molecule has 0 aliphatic rings. The molecule has 0 atom stereocenters. The summed E-state index contributed by atoms with van der Waals surface area (Å²) in [5.41, 5.74) is 1.44. The van der Waals surface area contributed by atoms with Crippen LogP contribution in [-0.4, -0.2) is 24.6 Å². The van der Waals surface area contributed by atoms with E-state index in [1.54, 1.807) is 54.9 Å². The van der Waals surface area contributed by atoms with Crippen molar-refractivity contribution in [1.29, 1.82) is 5.26 Å². The second kappa shape index (κ2) is 8.12. The molecule has 1 N–H and O–H groups in total. The zero-order chi connectivity index (χ0) is 21.9. The van der Waals surface area contributed by atoms with Crippen LogP contribution in [0.3, 0.4) is 0 Å². The van der Waals surface area contributed by atoms with E-state index < -0.39 is 5.82 Å². The van der Waals surface area contributed by atoms with E-state index in [9.17, 15) is 9.65 Å². The number of anilines is 2. The smallest absolute Gasteiger partial charge is 0.254 e. The van der Waals surface area contributed by atoms with Crippen LogP contribution in [0.4, 0.5) is 16.0 Å². The van der Waals surface area contributed by atoms with Gasteiger partial charge in [-0.15, -0.1) is 5.10 Å². The molecular formula is C23H14FN7O. The molecule has 0 amide bonds. The maximum Gasteiger partial charge on any atom is 0.254 e. The molecule has 3 heterocycles. The Balaban J connectivity index is 1.45. The predicted molar refractivity (Wildman–Crippen MR) is 115 cm³/mol. The molecule has 154 valence electrons. The van der Waals surface area contributed by atoms with Gasteiger partial charge in [-0.25, -0.2) is 9.37 Å². The maximum absolute atomic E-state index is 14.4. The highest BCUT2D eigenvalue weighted by molar-refractivity contribution is 5.69. The number of aromatic nitrogens is 5. The van der Waals surface area contributed by atoms with Gasteiger partial charge in [0.2, 0.25) is 5.95 Å². The van der Waals surface area contributed by atoms with Crippen LogP contribution in [0.25, 0.3) is 17.0 Å². The number of nitrogens with one attached hydrogen (secondary N) is 1. The first-order valence-corrected chi connectivity index (χ1v) is 9.57. The molecule has 8 nitrogen and oxygen atoms in total. The molecule has 0 bridgehead atoms. The Labute approximate surface area is 181 Å². The highest BCUT2D eigenvalue weighted by Gasteiger charge is 2.17. The molecule has 0 saturated heterocycles. The van der Waals surface area contributed by atoms with Gasteiger partial charge < -0.3 is 10.1 Å². The molecule has 0 spiro atoms. The first-order chi connectivity index (χ1) is 15.7. The normalized spacial score (nSPS) is 10.6. The number of nitriles is 1. The Hall–Kier alpha value is -4.84. The van der Waals surface area contributed by atoms with Crippen molar-refractivity contribution in [1.82, 2.24) is 24.6 Å². The largest absolute Gasteiger partial charge is 0.457 e. The summed E-state index contributed by atoms with van der Waals surface area (Å²) in [5, 5.41) is 17.0. The number of halogens is 1. The number of pyridine rings is 1. The number of rotatable bonds is 5. The van der Waals surface area contributed by atoms with E-state index in [0.29, 0.717) is 11.5 Å². The van der Waals surface area contributed by atoms with Gasteiger partial charge in [-0.3, -0.25) is 4.98 Å². The van der Waals surface area contributed by atoms with Crippen LogP contribution in [0.15, 0.2) is 79.3 Å². The lowest BCUT2D eigenvalue weighted by atomic mass is 10.1. The quantitative estimate of drug-likeness (QED) is 0.436. The second-order valence-electron chi connectivity index (χ2n) is 6.69. The molecule has 32 heavy (non-hydrogen) atoms. The molecular weight excluding hydrogens is 409 g/mol. The van der Waals surface area contributed by atoms with E-state index in [2.05, 4.69) is 25.4 Å². The van der Waals surface area contributed by atoms with Crippen molar-refractivity contribution >= 4 is 17.4 Å². The number of ether oxygens (including phenoxy) is 1. The summed E-state index contributed by atoms with van der Waals surface area (Å²) in [7, 11) is 0. The van der Waals surface area contributed by atoms with Gasteiger partial charge in [0, 0.05) is 23.6 Å². The molecule has 0 saturated carbocycles. The summed E-state index contributed by atoms with van der Waals surface area (Å²) >= 11 is 0. The molecule has 0 fully saturated rings. The first kappa shape index (κ1) is 19.1. The van der Waals surface area contributed by atoms with E-state index in [4.69, 9.17) is 4.74 Å². The van der Waals surface area contributed by atoms with Crippen LogP contribution < -0.4 is 10.1 Å². The molecule has 5 aromatic rings. The highest BCUT2D eigenvalue weighted by atomic mass is 19.1. The van der Waals surface area contributed by atoms with Crippen molar-refractivity contribution in [2.75, 3.05) is 5.32 Å². The van der Waals surface area contributed by atoms with Gasteiger partial charge in [-0.1, -0.05) is 12.1 Å². The Morgan fingerprint density at radius 3 is 2.47 bits per heavy atom. The molecule has 0 aliphatic heterocycles. The number of hydrogen-bond acceptors (Lipinski definition) is 7. The lowest BCUT2D eigenvalue weighted by Gasteiger charge is -2.07. The van der Waals surface area contributed by atoms with E-state index in [1.807, 2.05) is 18.2 Å². The van der Waals surface area contributed by atoms with Gasteiger partial charge in [-0.2, -0.15) is 14.8 Å². The van der Waals surface area contributed by atoms with Crippen LogP contribution in [0.5, 0.6) is 11.5 Å². The van der Waals surface area contributed by atoms with Gasteiger partial charge in [0.05, 0.1) is 17.5 Å². The lowest BCUT2D eigenvalue weighted by Crippen LogP contribution is -2.02. The predicted octanol–water partition coefficient (Wildman–Crippen LogP) is 4.73. The van der Waals surface area contributed by atoms with Crippen LogP contribution in [0, 0.1) is 17.1 Å². The molecule has 3 aromatic heterocycles. The summed E-state index contributed by atoms with van der Waals surface area (Å²) in [4.78, 5) is 12.5. The fourth-order valence-corrected chi connectivity index (χ4v) is 3.16. The summed E-state index contributed by atoms with van der Waals surface area (Å²) in [6.45, 7) is 0. The van der Waals surface area contributed by atoms with Gasteiger partial charge in [0.15, 0.2) is 0 Å². The van der Waals surface area contributed by atoms with Crippen molar-refractivity contribution in [3.63, 3.8) is 0 Å². The standard InChI is InChI=1S/C23H14FN7O/c24-20-4-2-1-3-19(20)21-15(13-25)14-27-23-29-22(30-31(21)23)28-16-5-7-17(8-6-16)32-18-9-11-26-12-10-18/h1-12,14H,(H,28,30). The fourth-order valence-electron chi connectivity index (χ4n) is 3.16. The minimum Gasteiger partial charge on any atom is -0.457 e. The minimum absolute atomic E-state index is 0.191. The summed E-state index contributed by atoms with van der Waals surface area (Å²) < 4.78 is 21.6. The number of nitrogens with zero attached hydrogens (tertiary/aromatic N) is 6. The molecule has 2 aromatic carbocycles. The van der Waals surface area contributed by atoms with E-state index in [-0.39, 0.29) is 28.5 Å². The van der Waals surface area contributed by atoms with Crippen molar-refractivity contribution in [3.05, 3.63) is 90.6 Å². The third-order valence-corrected chi connectivity index (χ3v) is 4.61. The summed E-state index contributed by atoms with van der Waals surface area (Å²) in [5.74, 6) is 1.37. The van der Waals surface area contributed by atoms with Crippen LogP contribution in [0.2, 0.25) is 0 Å². The average Bonchev–Trinajstić information content (AvgIpc) is 3.23. The Bertz CT molecular complexity index is 1440. The van der Waals surface area contributed by atoms with Gasteiger partial charge in [0.1, 0.15) is 23.4 Å². The van der Waals surface area contributed by atoms with Crippen molar-refractivity contribution in [2.45, 2.75) is 0 Å². The molecule has 9 heteroatoms. The molecule has 0 aliphatic carbocycles. The maximum atomic E-state index is 14.4. The Kier molecular flexibility index (Phi) is 4.86. The monoisotopic (exact) mass is 423 g/mol. The van der Waals surface area contributed by atoms with Gasteiger partial charge in [-0.05, 0) is 48.5 Å². The Morgan fingerprint density at radius 1 is 0.969 bits per heavy atom. The average molecular weight is 423 g/mol. The van der Waals surface area contributed by atoms with Gasteiger partial charge in [0.25, 0.3) is 5.78 Å². The number of hydrogen-bond donors (Lipinski definition) is 1. The summed E-state index contributed by atoms with van der Waals surface area (Å²) in [6, 6.07) is 19.0. The van der Waals surface area contributed by atoms with Crippen molar-refractivity contribution in [3.8, 4) is 28.8 Å². The van der Waals surface area contributed by atoms with Gasteiger partial charge >= 0.3 is 0 Å². The first-order valence-electron chi connectivity index (χ1n) is 9.57. The third kappa shape index (κ3) is 3.68. The summed E-state index contributed by atoms with van der Waals surface area (Å²) in [6.07, 6.45) is 4.67. The zero-order valence-corrected chi connectivity index (χ0v) is 16.5. The van der Waals surface area contributed by atoms with Crippen LogP contribution >= 0.6 is 0 Å². The molecule has 0 unspecified atom stereocenters. The third-order valence-electron chi connectivity index (χ3n) is 4.61. The minimum atomic E-state index is -0.466. The highest BCUT2D eigenvalue weighted by Crippen LogP contribution is 2.27. The lowest BCUT2D eigenvalue weighted by molar-refractivity contribution is 0.482. The number of fused-ring (bicyclic) bond motifs is 1. The molecule has 0 radical (unpaired) electrons. The number of benzene rings is 2. The SMILES string of the molecule is N#Cc1cnc2nc(Nc3ccc(Oc4ccncc4)cc3)nn2c1-c1ccccc1F. The van der Waals surface area contributed by atoms with E-state index >= 15 is 0 Å². The fraction of sp³-hybridized carbons (Fsp3) is 0.